The van der Waals surface area contributed by atoms with Crippen molar-refractivity contribution in [2.75, 3.05) is 0 Å². The number of aromatic hydroxyl groups is 1. The Labute approximate surface area is 114 Å². The first-order chi connectivity index (χ1) is 9.06. The Morgan fingerprint density at radius 1 is 1.37 bits per heavy atom. The van der Waals surface area contributed by atoms with Crippen LogP contribution in [-0.2, 0) is 11.3 Å². The number of carbonyl (C=O) groups excluding carboxylic acids is 1. The molecule has 1 amide bonds. The third-order valence-electron chi connectivity index (χ3n) is 3.95. The molecule has 1 aromatic rings. The lowest BCUT2D eigenvalue weighted by Crippen LogP contribution is -2.36. The minimum atomic E-state index is -0.172. The zero-order chi connectivity index (χ0) is 13.8. The molecule has 0 aromatic heterocycles. The van der Waals surface area contributed by atoms with Crippen LogP contribution in [0.15, 0.2) is 18.2 Å². The van der Waals surface area contributed by atoms with Crippen LogP contribution in [0.3, 0.4) is 0 Å². The highest BCUT2D eigenvalue weighted by Gasteiger charge is 2.24. The number of hydrogen-bond acceptors (Lipinski definition) is 3. The van der Waals surface area contributed by atoms with Crippen LogP contribution in [-0.4, -0.2) is 17.1 Å². The molecular weight excluding hydrogens is 240 g/mol. The van der Waals surface area contributed by atoms with Crippen molar-refractivity contribution in [3.8, 4) is 5.75 Å². The molecule has 4 N–H and O–H groups in total. The fourth-order valence-corrected chi connectivity index (χ4v) is 2.69. The summed E-state index contributed by atoms with van der Waals surface area (Å²) < 4.78 is 0. The van der Waals surface area contributed by atoms with Gasteiger partial charge in [-0.1, -0.05) is 17.7 Å². The second-order valence-corrected chi connectivity index (χ2v) is 5.46. The number of amides is 1. The van der Waals surface area contributed by atoms with Gasteiger partial charge in [0.2, 0.25) is 5.91 Å². The van der Waals surface area contributed by atoms with Gasteiger partial charge in [0.25, 0.3) is 0 Å². The quantitative estimate of drug-likeness (QED) is 0.775. The number of rotatable bonds is 4. The van der Waals surface area contributed by atoms with Crippen LogP contribution in [0.25, 0.3) is 0 Å². The van der Waals surface area contributed by atoms with E-state index in [4.69, 9.17) is 5.73 Å². The second kappa shape index (κ2) is 6.06. The van der Waals surface area contributed by atoms with Gasteiger partial charge in [0.15, 0.2) is 0 Å². The van der Waals surface area contributed by atoms with E-state index in [2.05, 4.69) is 5.32 Å². The van der Waals surface area contributed by atoms with Gasteiger partial charge in [-0.3, -0.25) is 4.79 Å². The number of benzene rings is 1. The van der Waals surface area contributed by atoms with Crippen LogP contribution in [0.5, 0.6) is 5.75 Å². The van der Waals surface area contributed by atoms with E-state index in [1.807, 2.05) is 19.1 Å². The Bertz CT molecular complexity index is 451. The van der Waals surface area contributed by atoms with Gasteiger partial charge in [-0.05, 0) is 38.7 Å². The maximum absolute atomic E-state index is 11.1. The summed E-state index contributed by atoms with van der Waals surface area (Å²) in [5.41, 5.74) is 7.39. The summed E-state index contributed by atoms with van der Waals surface area (Å²) in [4.78, 5) is 11.1. The van der Waals surface area contributed by atoms with Gasteiger partial charge in [-0.25, -0.2) is 0 Å². The molecule has 1 aliphatic carbocycles. The van der Waals surface area contributed by atoms with E-state index >= 15 is 0 Å². The molecule has 0 saturated heterocycles. The van der Waals surface area contributed by atoms with E-state index in [9.17, 15) is 9.90 Å². The lowest BCUT2D eigenvalue weighted by Gasteiger charge is -2.27. The summed E-state index contributed by atoms with van der Waals surface area (Å²) in [5, 5.41) is 13.2. The van der Waals surface area contributed by atoms with Crippen molar-refractivity contribution in [3.63, 3.8) is 0 Å². The predicted octanol–water partition coefficient (Wildman–Crippen LogP) is 1.83. The molecule has 0 spiro atoms. The first-order valence-electron chi connectivity index (χ1n) is 6.87. The standard InChI is InChI=1S/C15H22N2O2/c1-10-2-7-14(18)12(8-10)9-17-13-5-3-11(4-6-13)15(16)19/h2,7-8,11,13,17-18H,3-6,9H2,1H3,(H2,16,19). The fraction of sp³-hybridized carbons (Fsp3) is 0.533. The number of nitrogens with one attached hydrogen (secondary N) is 1. The van der Waals surface area contributed by atoms with Crippen LogP contribution >= 0.6 is 0 Å². The van der Waals surface area contributed by atoms with Crippen molar-refractivity contribution in [1.82, 2.24) is 5.32 Å². The van der Waals surface area contributed by atoms with E-state index in [1.165, 1.54) is 0 Å². The number of carbonyl (C=O) groups is 1. The van der Waals surface area contributed by atoms with Crippen LogP contribution in [0, 0.1) is 12.8 Å². The summed E-state index contributed by atoms with van der Waals surface area (Å²) in [5.74, 6) is 0.212. The molecule has 0 unspecified atom stereocenters. The highest BCUT2D eigenvalue weighted by Crippen LogP contribution is 2.25. The molecule has 2 rings (SSSR count). The summed E-state index contributed by atoms with van der Waals surface area (Å²) in [6.45, 7) is 2.68. The van der Waals surface area contributed by atoms with Gasteiger partial charge in [-0.15, -0.1) is 0 Å². The van der Waals surface area contributed by atoms with Crippen LogP contribution in [0.4, 0.5) is 0 Å². The second-order valence-electron chi connectivity index (χ2n) is 5.46. The van der Waals surface area contributed by atoms with E-state index < -0.39 is 0 Å². The molecule has 0 atom stereocenters. The SMILES string of the molecule is Cc1ccc(O)c(CNC2CCC(C(N)=O)CC2)c1. The molecule has 19 heavy (non-hydrogen) atoms. The van der Waals surface area contributed by atoms with Crippen molar-refractivity contribution >= 4 is 5.91 Å². The average molecular weight is 262 g/mol. The minimum Gasteiger partial charge on any atom is -0.508 e. The van der Waals surface area contributed by atoms with Gasteiger partial charge >= 0.3 is 0 Å². The van der Waals surface area contributed by atoms with Crippen molar-refractivity contribution < 1.29 is 9.90 Å². The number of nitrogens with two attached hydrogens (primary N) is 1. The maximum Gasteiger partial charge on any atom is 0.220 e. The lowest BCUT2D eigenvalue weighted by molar-refractivity contribution is -0.122. The number of phenolic OH excluding ortho intramolecular Hbond substituents is 1. The van der Waals surface area contributed by atoms with E-state index in [0.29, 0.717) is 18.3 Å². The number of phenols is 1. The van der Waals surface area contributed by atoms with Crippen LogP contribution in [0.1, 0.15) is 36.8 Å². The van der Waals surface area contributed by atoms with Gasteiger partial charge in [0.1, 0.15) is 5.75 Å². The van der Waals surface area contributed by atoms with Crippen LogP contribution < -0.4 is 11.1 Å². The Morgan fingerprint density at radius 3 is 2.68 bits per heavy atom. The molecule has 1 aromatic carbocycles. The molecule has 104 valence electrons. The maximum atomic E-state index is 11.1. The van der Waals surface area contributed by atoms with E-state index in [1.54, 1.807) is 6.07 Å². The highest BCUT2D eigenvalue weighted by molar-refractivity contribution is 5.76. The third-order valence-corrected chi connectivity index (χ3v) is 3.95. The molecule has 4 heteroatoms. The highest BCUT2D eigenvalue weighted by atomic mass is 16.3. The smallest absolute Gasteiger partial charge is 0.220 e. The van der Waals surface area contributed by atoms with Gasteiger partial charge in [-0.2, -0.15) is 0 Å². The van der Waals surface area contributed by atoms with Crippen molar-refractivity contribution in [2.24, 2.45) is 11.7 Å². The Kier molecular flexibility index (Phi) is 4.43. The van der Waals surface area contributed by atoms with Crippen molar-refractivity contribution in [1.29, 1.82) is 0 Å². The monoisotopic (exact) mass is 262 g/mol. The zero-order valence-corrected chi connectivity index (χ0v) is 11.4. The Hall–Kier alpha value is -1.55. The first-order valence-corrected chi connectivity index (χ1v) is 6.87. The van der Waals surface area contributed by atoms with Gasteiger partial charge < -0.3 is 16.2 Å². The predicted molar refractivity (Wildman–Crippen MR) is 74.6 cm³/mol. The van der Waals surface area contributed by atoms with Crippen LogP contribution in [0.2, 0.25) is 0 Å². The first kappa shape index (κ1) is 13.9. The minimum absolute atomic E-state index is 0.0467. The molecule has 4 nitrogen and oxygen atoms in total. The van der Waals surface area contributed by atoms with Crippen molar-refractivity contribution in [2.45, 2.75) is 45.2 Å². The lowest BCUT2D eigenvalue weighted by atomic mass is 9.85. The summed E-state index contributed by atoms with van der Waals surface area (Å²) in [6.07, 6.45) is 3.68. The molecule has 0 radical (unpaired) electrons. The topological polar surface area (TPSA) is 75.3 Å². The largest absolute Gasteiger partial charge is 0.508 e. The average Bonchev–Trinajstić information content (AvgIpc) is 2.40. The molecule has 0 aliphatic heterocycles. The molecule has 1 fully saturated rings. The van der Waals surface area contributed by atoms with E-state index in [-0.39, 0.29) is 11.8 Å². The normalized spacial score (nSPS) is 23.2. The van der Waals surface area contributed by atoms with E-state index in [0.717, 1.165) is 36.8 Å². The molecule has 1 aliphatic rings. The Morgan fingerprint density at radius 2 is 2.05 bits per heavy atom. The molecule has 0 heterocycles. The Balaban J connectivity index is 1.83. The summed E-state index contributed by atoms with van der Waals surface area (Å²) in [6, 6.07) is 6.04. The molecule has 1 saturated carbocycles. The summed E-state index contributed by atoms with van der Waals surface area (Å²) in [7, 11) is 0. The molecule has 0 bridgehead atoms. The number of primary amides is 1. The number of hydrogen-bond donors (Lipinski definition) is 3. The summed E-state index contributed by atoms with van der Waals surface area (Å²) >= 11 is 0. The van der Waals surface area contributed by atoms with Gasteiger partial charge in [0.05, 0.1) is 0 Å². The fourth-order valence-electron chi connectivity index (χ4n) is 2.69. The van der Waals surface area contributed by atoms with Crippen molar-refractivity contribution in [3.05, 3.63) is 29.3 Å². The number of aryl methyl sites for hydroxylation is 1. The zero-order valence-electron chi connectivity index (χ0n) is 11.4. The molecular formula is C15H22N2O2. The van der Waals surface area contributed by atoms with Gasteiger partial charge in [0, 0.05) is 24.1 Å². The third kappa shape index (κ3) is 3.70.